The maximum Gasteiger partial charge on any atom is 0.217 e. The molecular weight excluding hydrogens is 264 g/mol. The summed E-state index contributed by atoms with van der Waals surface area (Å²) in [5.74, 6) is -0.493. The van der Waals surface area contributed by atoms with Gasteiger partial charge in [0, 0.05) is 6.42 Å². The van der Waals surface area contributed by atoms with Crippen LogP contribution in [0.15, 0.2) is 0 Å². The normalized spacial score (nSPS) is 8.89. The average molecular weight is 295 g/mol. The number of halogens is 1. The highest BCUT2D eigenvalue weighted by atomic mass is 35.5. The molecule has 0 atom stereocenters. The number of hydrogen-bond acceptors (Lipinski definition) is 2. The van der Waals surface area contributed by atoms with Gasteiger partial charge in [-0.25, -0.2) is 0 Å². The van der Waals surface area contributed by atoms with Crippen molar-refractivity contribution in [3.63, 3.8) is 0 Å². The van der Waals surface area contributed by atoms with E-state index in [0.29, 0.717) is 6.42 Å². The van der Waals surface area contributed by atoms with Gasteiger partial charge in [0.25, 0.3) is 0 Å². The van der Waals surface area contributed by atoms with Crippen molar-refractivity contribution in [2.45, 2.75) is 71.1 Å². The van der Waals surface area contributed by atoms with E-state index >= 15 is 0 Å². The lowest BCUT2D eigenvalue weighted by atomic mass is 10.1. The van der Waals surface area contributed by atoms with Gasteiger partial charge in [0.05, 0.1) is 0 Å². The Bertz CT molecular complexity index is 209. The summed E-state index contributed by atoms with van der Waals surface area (Å²) in [5, 5.41) is 6.06. The van der Waals surface area contributed by atoms with Crippen LogP contribution in [0.4, 0.5) is 0 Å². The largest absolute Gasteiger partial charge is 0.370 e. The van der Waals surface area contributed by atoms with Gasteiger partial charge in [-0.1, -0.05) is 58.3 Å². The molecule has 0 aliphatic heterocycles. The van der Waals surface area contributed by atoms with Crippen LogP contribution in [-0.4, -0.2) is 11.9 Å². The van der Waals surface area contributed by atoms with E-state index in [1.54, 1.807) is 0 Å². The summed E-state index contributed by atoms with van der Waals surface area (Å²) in [6.07, 6.45) is 12.1. The van der Waals surface area contributed by atoms with E-state index in [2.05, 4.69) is 18.4 Å². The van der Waals surface area contributed by atoms with Gasteiger partial charge in [-0.05, 0) is 6.42 Å². The molecule has 0 fully saturated rings. The first-order chi connectivity index (χ1) is 8.50. The number of carbonyl (C=O) groups excluding carboxylic acids is 1. The van der Waals surface area contributed by atoms with Gasteiger partial charge in [-0.15, -0.1) is 12.4 Å². The second-order valence-electron chi connectivity index (χ2n) is 4.50. The second kappa shape index (κ2) is 19.4. The molecule has 0 radical (unpaired) electrons. The molecule has 7 N–H and O–H groups in total. The van der Waals surface area contributed by atoms with Crippen molar-refractivity contribution in [3.05, 3.63) is 0 Å². The summed E-state index contributed by atoms with van der Waals surface area (Å²) < 4.78 is 0. The van der Waals surface area contributed by atoms with Gasteiger partial charge in [-0.2, -0.15) is 0 Å². The molecule has 5 nitrogen and oxygen atoms in total. The van der Waals surface area contributed by atoms with Crippen LogP contribution in [0.2, 0.25) is 0 Å². The highest BCUT2D eigenvalue weighted by Crippen LogP contribution is 2.10. The molecule has 0 unspecified atom stereocenters. The smallest absolute Gasteiger partial charge is 0.217 e. The molecule has 116 valence electrons. The highest BCUT2D eigenvalue weighted by molar-refractivity contribution is 5.85. The first-order valence-electron chi connectivity index (χ1n) is 6.88. The first-order valence-corrected chi connectivity index (χ1v) is 6.88. The van der Waals surface area contributed by atoms with E-state index in [4.69, 9.17) is 11.1 Å². The van der Waals surface area contributed by atoms with Crippen LogP contribution in [0.5, 0.6) is 0 Å². The Morgan fingerprint density at radius 2 is 1.16 bits per heavy atom. The standard InChI is InChI=1S/C12H25NO.CH5N3.ClH/c1-2-3-4-5-6-7-8-9-10-11-12(13)14;2-1(3)4;/h2-11H2,1H3,(H2,13,14);(H5,2,3,4);1H. The fourth-order valence-corrected chi connectivity index (χ4v) is 1.61. The molecule has 0 spiro atoms. The molecule has 19 heavy (non-hydrogen) atoms. The van der Waals surface area contributed by atoms with Crippen LogP contribution < -0.4 is 17.2 Å². The quantitative estimate of drug-likeness (QED) is 0.282. The van der Waals surface area contributed by atoms with E-state index in [1.165, 1.54) is 44.9 Å². The summed E-state index contributed by atoms with van der Waals surface area (Å²) >= 11 is 0. The molecule has 1 amide bonds. The lowest BCUT2D eigenvalue weighted by molar-refractivity contribution is -0.118. The SMILES string of the molecule is CCCCCCCCCCCC(N)=O.Cl.N=C(N)N. The van der Waals surface area contributed by atoms with E-state index in [9.17, 15) is 4.79 Å². The molecule has 0 aromatic carbocycles. The van der Waals surface area contributed by atoms with Gasteiger partial charge < -0.3 is 17.2 Å². The number of rotatable bonds is 10. The zero-order valence-corrected chi connectivity index (χ0v) is 12.9. The van der Waals surface area contributed by atoms with Gasteiger partial charge in [0.15, 0.2) is 5.96 Å². The first kappa shape index (κ1) is 23.1. The summed E-state index contributed by atoms with van der Waals surface area (Å²) in [6, 6.07) is 0. The highest BCUT2D eigenvalue weighted by Gasteiger charge is 1.94. The van der Waals surface area contributed by atoms with Crippen molar-refractivity contribution < 1.29 is 4.79 Å². The molecule has 0 aromatic rings. The molecule has 0 saturated heterocycles. The maximum atomic E-state index is 10.4. The predicted octanol–water partition coefficient (Wildman–Crippen LogP) is 2.65. The molecule has 0 aliphatic rings. The Hall–Kier alpha value is -0.970. The zero-order valence-electron chi connectivity index (χ0n) is 12.1. The molecule has 0 aromatic heterocycles. The summed E-state index contributed by atoms with van der Waals surface area (Å²) in [4.78, 5) is 10.4. The molecule has 6 heteroatoms. The van der Waals surface area contributed by atoms with E-state index in [-0.39, 0.29) is 24.3 Å². The van der Waals surface area contributed by atoms with Crippen molar-refractivity contribution in [2.24, 2.45) is 17.2 Å². The van der Waals surface area contributed by atoms with Gasteiger partial charge >= 0.3 is 0 Å². The van der Waals surface area contributed by atoms with Gasteiger partial charge in [0.2, 0.25) is 5.91 Å². The Kier molecular flexibility index (Phi) is 23.6. The number of unbranched alkanes of at least 4 members (excludes halogenated alkanes) is 8. The Labute approximate surface area is 123 Å². The fraction of sp³-hybridized carbons (Fsp3) is 0.846. The third-order valence-electron chi connectivity index (χ3n) is 2.53. The van der Waals surface area contributed by atoms with E-state index < -0.39 is 0 Å². The molecule has 0 heterocycles. The minimum Gasteiger partial charge on any atom is -0.370 e. The topological polar surface area (TPSA) is 119 Å². The number of guanidine groups is 1. The van der Waals surface area contributed by atoms with Crippen molar-refractivity contribution in [1.29, 1.82) is 5.41 Å². The summed E-state index contributed by atoms with van der Waals surface area (Å²) in [6.45, 7) is 2.24. The zero-order chi connectivity index (χ0) is 14.2. The van der Waals surface area contributed by atoms with Crippen molar-refractivity contribution in [2.75, 3.05) is 0 Å². The minimum atomic E-state index is -0.333. The van der Waals surface area contributed by atoms with Crippen molar-refractivity contribution in [1.82, 2.24) is 0 Å². The molecule has 0 aliphatic carbocycles. The van der Waals surface area contributed by atoms with Crippen molar-refractivity contribution in [3.8, 4) is 0 Å². The lowest BCUT2D eigenvalue weighted by Gasteiger charge is -2.00. The number of primary amides is 1. The minimum absolute atomic E-state index is 0. The van der Waals surface area contributed by atoms with Crippen LogP contribution >= 0.6 is 12.4 Å². The van der Waals surface area contributed by atoms with Crippen LogP contribution in [-0.2, 0) is 4.79 Å². The van der Waals surface area contributed by atoms with Crippen molar-refractivity contribution >= 4 is 24.3 Å². The summed E-state index contributed by atoms with van der Waals surface area (Å²) in [5.41, 5.74) is 14.0. The van der Waals surface area contributed by atoms with Crippen LogP contribution in [0, 0.1) is 5.41 Å². The number of amides is 1. The maximum absolute atomic E-state index is 10.4. The third kappa shape index (κ3) is 38.2. The average Bonchev–Trinajstić information content (AvgIpc) is 2.26. The van der Waals surface area contributed by atoms with Gasteiger partial charge in [-0.3, -0.25) is 10.2 Å². The third-order valence-corrected chi connectivity index (χ3v) is 2.53. The Morgan fingerprint density at radius 1 is 0.842 bits per heavy atom. The second-order valence-corrected chi connectivity index (χ2v) is 4.50. The monoisotopic (exact) mass is 294 g/mol. The van der Waals surface area contributed by atoms with E-state index in [0.717, 1.165) is 12.8 Å². The Balaban J connectivity index is -0.000000448. The van der Waals surface area contributed by atoms with Crippen LogP contribution in [0.3, 0.4) is 0 Å². The van der Waals surface area contributed by atoms with Crippen LogP contribution in [0.25, 0.3) is 0 Å². The van der Waals surface area contributed by atoms with Gasteiger partial charge in [0.1, 0.15) is 0 Å². The molecule has 0 saturated carbocycles. The predicted molar refractivity (Wildman–Crippen MR) is 84.4 cm³/mol. The van der Waals surface area contributed by atoms with E-state index in [1.807, 2.05) is 0 Å². The number of nitrogens with one attached hydrogen (secondary N) is 1. The molecule has 0 bridgehead atoms. The molecule has 0 rings (SSSR count). The number of carbonyl (C=O) groups is 1. The number of nitrogens with two attached hydrogens (primary N) is 3. The van der Waals surface area contributed by atoms with Crippen LogP contribution in [0.1, 0.15) is 71.1 Å². The molecular formula is C13H31ClN4O. The lowest BCUT2D eigenvalue weighted by Crippen LogP contribution is -2.20. The Morgan fingerprint density at radius 3 is 1.47 bits per heavy atom. The fourth-order valence-electron chi connectivity index (χ4n) is 1.61. The number of hydrogen-bond donors (Lipinski definition) is 4. The summed E-state index contributed by atoms with van der Waals surface area (Å²) in [7, 11) is 0.